The highest BCUT2D eigenvalue weighted by molar-refractivity contribution is 9.10. The van der Waals surface area contributed by atoms with E-state index in [0.717, 1.165) is 4.47 Å². The van der Waals surface area contributed by atoms with Crippen LogP contribution in [0, 0.1) is 0 Å². The molecule has 0 amide bonds. The summed E-state index contributed by atoms with van der Waals surface area (Å²) < 4.78 is 2.83. The topological polar surface area (TPSA) is 30.2 Å². The van der Waals surface area contributed by atoms with Crippen LogP contribution in [-0.2, 0) is 0 Å². The van der Waals surface area contributed by atoms with E-state index >= 15 is 0 Å². The van der Waals surface area contributed by atoms with E-state index in [2.05, 4.69) is 15.9 Å². The van der Waals surface area contributed by atoms with Crippen LogP contribution < -0.4 is 14.8 Å². The smallest absolute Gasteiger partial charge is 0.199 e. The number of halogens is 2. The molecule has 96 valence electrons. The molecule has 1 heterocycles. The van der Waals surface area contributed by atoms with Crippen LogP contribution in [0.25, 0.3) is 0 Å². The highest BCUT2D eigenvalue weighted by Crippen LogP contribution is 2.23. The molecule has 2 aromatic rings. The zero-order valence-corrected chi connectivity index (χ0v) is 12.5. The molecule has 0 aliphatic rings. The van der Waals surface area contributed by atoms with Crippen molar-refractivity contribution in [2.75, 3.05) is 19.1 Å². The largest absolute Gasteiger partial charge is 0.871 e. The molecule has 0 aliphatic heterocycles. The average molecular weight is 330 g/mol. The second-order valence-electron chi connectivity index (χ2n) is 3.68. The molecule has 0 N–H and O–H groups in total. The Morgan fingerprint density at radius 3 is 2.17 bits per heavy atom. The lowest BCUT2D eigenvalue weighted by atomic mass is 10.3. The molecule has 2 rings (SSSR count). The second kappa shape index (κ2) is 7.24. The van der Waals surface area contributed by atoms with Crippen LogP contribution in [0.2, 0.25) is 5.02 Å². The summed E-state index contributed by atoms with van der Waals surface area (Å²) >= 11 is 8.64. The molecule has 0 aliphatic carbocycles. The molecular formula is C13H14BrClN2O. The fourth-order valence-corrected chi connectivity index (χ4v) is 1.80. The molecule has 0 radical (unpaired) electrons. The highest BCUT2D eigenvalue weighted by Gasteiger charge is 1.95. The quantitative estimate of drug-likeness (QED) is 0.752. The van der Waals surface area contributed by atoms with Crippen LogP contribution in [0.5, 0.6) is 5.75 Å². The van der Waals surface area contributed by atoms with Crippen LogP contribution in [0.1, 0.15) is 0 Å². The zero-order chi connectivity index (χ0) is 13.5. The van der Waals surface area contributed by atoms with E-state index in [1.165, 1.54) is 6.07 Å². The van der Waals surface area contributed by atoms with Gasteiger partial charge in [-0.2, -0.15) is 5.01 Å². The number of hydrogen-bond donors (Lipinski definition) is 0. The van der Waals surface area contributed by atoms with Gasteiger partial charge in [0.15, 0.2) is 12.4 Å². The van der Waals surface area contributed by atoms with E-state index in [9.17, 15) is 5.11 Å². The summed E-state index contributed by atoms with van der Waals surface area (Å²) in [6.07, 6.45) is 4.00. The minimum absolute atomic E-state index is 0.139. The molecular weight excluding hydrogens is 316 g/mol. The lowest BCUT2D eigenvalue weighted by Gasteiger charge is -2.05. The van der Waals surface area contributed by atoms with E-state index in [4.69, 9.17) is 11.6 Å². The van der Waals surface area contributed by atoms with Crippen LogP contribution in [-0.4, -0.2) is 14.1 Å². The van der Waals surface area contributed by atoms with Gasteiger partial charge in [-0.05, 0) is 12.1 Å². The summed E-state index contributed by atoms with van der Waals surface area (Å²) in [7, 11) is 4.00. The summed E-state index contributed by atoms with van der Waals surface area (Å²) in [4.78, 5) is 0. The summed E-state index contributed by atoms with van der Waals surface area (Å²) in [5.74, 6) is -0.139. The number of benzene rings is 1. The van der Waals surface area contributed by atoms with Gasteiger partial charge in [0.05, 0.1) is 14.1 Å². The molecule has 0 saturated heterocycles. The maximum absolute atomic E-state index is 10.6. The normalized spacial score (nSPS) is 9.33. The third-order valence-corrected chi connectivity index (χ3v) is 2.84. The highest BCUT2D eigenvalue weighted by atomic mass is 79.9. The number of hydrogen-bond acceptors (Lipinski definition) is 2. The molecule has 0 atom stereocenters. The van der Waals surface area contributed by atoms with Crippen molar-refractivity contribution in [3.63, 3.8) is 0 Å². The van der Waals surface area contributed by atoms with Crippen molar-refractivity contribution >= 4 is 27.5 Å². The van der Waals surface area contributed by atoms with E-state index in [-0.39, 0.29) is 10.8 Å². The first-order valence-corrected chi connectivity index (χ1v) is 6.44. The fourth-order valence-electron chi connectivity index (χ4n) is 1.13. The first-order chi connectivity index (χ1) is 8.50. The van der Waals surface area contributed by atoms with Gasteiger partial charge >= 0.3 is 0 Å². The summed E-state index contributed by atoms with van der Waals surface area (Å²) in [6.45, 7) is 0. The molecule has 3 nitrogen and oxygen atoms in total. The molecule has 18 heavy (non-hydrogen) atoms. The van der Waals surface area contributed by atoms with Gasteiger partial charge < -0.3 is 5.11 Å². The van der Waals surface area contributed by atoms with Gasteiger partial charge in [-0.1, -0.05) is 50.1 Å². The van der Waals surface area contributed by atoms with Crippen LogP contribution >= 0.6 is 27.5 Å². The van der Waals surface area contributed by atoms with Crippen molar-refractivity contribution in [3.8, 4) is 5.75 Å². The third kappa shape index (κ3) is 4.94. The Labute approximate surface area is 120 Å². The Morgan fingerprint density at radius 1 is 1.17 bits per heavy atom. The van der Waals surface area contributed by atoms with Crippen LogP contribution in [0.15, 0.2) is 53.3 Å². The van der Waals surface area contributed by atoms with E-state index in [0.29, 0.717) is 0 Å². The fraction of sp³-hybridized carbons (Fsp3) is 0.154. The standard InChI is InChI=1S/C7H11N2.C6H4BrClO/c1-8(2)9-6-4-3-5-7-9;7-4-1-2-6(9)5(8)3-4/h3-7H,1-2H3;1-3,9H/q+1;/p-1. The Bertz CT molecular complexity index is 492. The molecule has 0 fully saturated rings. The van der Waals surface area contributed by atoms with Gasteiger partial charge in [-0.15, -0.1) is 0 Å². The second-order valence-corrected chi connectivity index (χ2v) is 5.00. The third-order valence-electron chi connectivity index (χ3n) is 2.06. The Morgan fingerprint density at radius 2 is 1.78 bits per heavy atom. The summed E-state index contributed by atoms with van der Waals surface area (Å²) in [6, 6.07) is 10.7. The monoisotopic (exact) mass is 328 g/mol. The van der Waals surface area contributed by atoms with Crippen molar-refractivity contribution in [1.29, 1.82) is 0 Å². The van der Waals surface area contributed by atoms with Crippen molar-refractivity contribution in [1.82, 2.24) is 0 Å². The van der Waals surface area contributed by atoms with Gasteiger partial charge in [0.1, 0.15) is 0 Å². The molecule has 0 spiro atoms. The number of nitrogens with zero attached hydrogens (tertiary/aromatic N) is 2. The van der Waals surface area contributed by atoms with Gasteiger partial charge in [0.2, 0.25) is 0 Å². The SMILES string of the molecule is CN(C)[n+]1ccccc1.[O-]c1ccc(Br)cc1Cl. The lowest BCUT2D eigenvalue weighted by molar-refractivity contribution is -0.687. The number of rotatable bonds is 1. The van der Waals surface area contributed by atoms with E-state index < -0.39 is 0 Å². The molecule has 0 saturated carbocycles. The Hall–Kier alpha value is -1.26. The van der Waals surface area contributed by atoms with Crippen LogP contribution in [0.3, 0.4) is 0 Å². The van der Waals surface area contributed by atoms with Crippen molar-refractivity contribution in [2.45, 2.75) is 0 Å². The summed E-state index contributed by atoms with van der Waals surface area (Å²) in [5.41, 5.74) is 0. The molecule has 0 unspecified atom stereocenters. The number of pyridine rings is 1. The minimum atomic E-state index is -0.139. The van der Waals surface area contributed by atoms with E-state index in [1.54, 1.807) is 12.1 Å². The molecule has 1 aromatic heterocycles. The van der Waals surface area contributed by atoms with Crippen LogP contribution in [0.4, 0.5) is 0 Å². The number of aromatic nitrogens is 1. The Balaban J connectivity index is 0.000000180. The van der Waals surface area contributed by atoms with Gasteiger partial charge in [-0.25, -0.2) is 0 Å². The van der Waals surface area contributed by atoms with Gasteiger partial charge in [0.25, 0.3) is 0 Å². The molecule has 0 bridgehead atoms. The van der Waals surface area contributed by atoms with Gasteiger partial charge in [0, 0.05) is 21.6 Å². The van der Waals surface area contributed by atoms with Crippen molar-refractivity contribution in [2.24, 2.45) is 0 Å². The van der Waals surface area contributed by atoms with Crippen molar-refractivity contribution in [3.05, 3.63) is 58.3 Å². The predicted molar refractivity (Wildman–Crippen MR) is 75.3 cm³/mol. The minimum Gasteiger partial charge on any atom is -0.871 e. The zero-order valence-electron chi connectivity index (χ0n) is 10.2. The average Bonchev–Trinajstić information content (AvgIpc) is 2.36. The summed E-state index contributed by atoms with van der Waals surface area (Å²) in [5, 5.41) is 12.9. The molecule has 1 aromatic carbocycles. The first kappa shape index (κ1) is 14.8. The van der Waals surface area contributed by atoms with Gasteiger partial charge in [-0.3, -0.25) is 0 Å². The maximum atomic E-state index is 10.6. The first-order valence-electron chi connectivity index (χ1n) is 5.26. The maximum Gasteiger partial charge on any atom is 0.199 e. The van der Waals surface area contributed by atoms with E-state index in [1.807, 2.05) is 54.4 Å². The molecule has 5 heteroatoms. The lowest BCUT2D eigenvalue weighted by Crippen LogP contribution is -2.51. The Kier molecular flexibility index (Phi) is 5.95. The predicted octanol–water partition coefficient (Wildman–Crippen LogP) is 2.35. The van der Waals surface area contributed by atoms with Crippen molar-refractivity contribution < 1.29 is 9.78 Å².